The van der Waals surface area contributed by atoms with Crippen LogP contribution in [0.25, 0.3) is 0 Å². The molecule has 0 saturated carbocycles. The molecule has 0 radical (unpaired) electrons. The summed E-state index contributed by atoms with van der Waals surface area (Å²) in [4.78, 5) is 25.3. The van der Waals surface area contributed by atoms with Crippen molar-refractivity contribution in [1.82, 2.24) is 20.2 Å². The molecule has 6 nitrogen and oxygen atoms in total. The van der Waals surface area contributed by atoms with Crippen LogP contribution in [0.3, 0.4) is 0 Å². The summed E-state index contributed by atoms with van der Waals surface area (Å²) >= 11 is 0. The summed E-state index contributed by atoms with van der Waals surface area (Å²) in [5.74, 6) is 0.122. The lowest BCUT2D eigenvalue weighted by atomic mass is 10.2. The van der Waals surface area contributed by atoms with E-state index in [1.165, 1.54) is 12.1 Å². The maximum absolute atomic E-state index is 12.9. The number of benzene rings is 1. The van der Waals surface area contributed by atoms with Crippen LogP contribution in [0.1, 0.15) is 22.8 Å². The van der Waals surface area contributed by atoms with Crippen LogP contribution >= 0.6 is 0 Å². The Bertz CT molecular complexity index is 696. The molecule has 0 atom stereocenters. The van der Waals surface area contributed by atoms with Gasteiger partial charge in [0.2, 0.25) is 5.95 Å². The fraction of sp³-hybridized carbons (Fsp3) is 0.389. The molecule has 1 aromatic carbocycles. The Morgan fingerprint density at radius 2 is 1.76 bits per heavy atom. The molecule has 1 aliphatic rings. The lowest BCUT2D eigenvalue weighted by Gasteiger charge is -2.33. The van der Waals surface area contributed by atoms with Crippen LogP contribution in [-0.4, -0.2) is 53.5 Å². The zero-order chi connectivity index (χ0) is 17.6. The molecule has 0 unspecified atom stereocenters. The third kappa shape index (κ3) is 4.51. The Kier molecular flexibility index (Phi) is 5.55. The number of nitrogens with one attached hydrogen (secondary N) is 1. The second-order valence-corrected chi connectivity index (χ2v) is 6.00. The summed E-state index contributed by atoms with van der Waals surface area (Å²) in [5, 5.41) is 2.79. The first-order valence-corrected chi connectivity index (χ1v) is 8.47. The van der Waals surface area contributed by atoms with E-state index in [0.717, 1.165) is 38.3 Å². The Morgan fingerprint density at radius 1 is 1.12 bits per heavy atom. The van der Waals surface area contributed by atoms with Gasteiger partial charge in [0.15, 0.2) is 0 Å². The van der Waals surface area contributed by atoms with Crippen LogP contribution in [0.2, 0.25) is 0 Å². The number of carbonyl (C=O) groups is 1. The standard InChI is InChI=1S/C18H22FN5O/c1-2-23-7-9-24(10-8-23)18-21-12-15(13-22-18)17(25)20-11-14-3-5-16(19)6-4-14/h3-6,12-13H,2,7-11H2,1H3,(H,20,25). The van der Waals surface area contributed by atoms with Crippen LogP contribution in [0.15, 0.2) is 36.7 Å². The highest BCUT2D eigenvalue weighted by atomic mass is 19.1. The summed E-state index contributed by atoms with van der Waals surface area (Å²) in [7, 11) is 0. The van der Waals surface area contributed by atoms with Crippen molar-refractivity contribution in [2.24, 2.45) is 0 Å². The molecule has 25 heavy (non-hydrogen) atoms. The maximum Gasteiger partial charge on any atom is 0.254 e. The van der Waals surface area contributed by atoms with Gasteiger partial charge in [-0.1, -0.05) is 19.1 Å². The second kappa shape index (κ2) is 8.02. The minimum Gasteiger partial charge on any atom is -0.348 e. The normalized spacial score (nSPS) is 15.2. The smallest absolute Gasteiger partial charge is 0.254 e. The average molecular weight is 343 g/mol. The number of hydrogen-bond acceptors (Lipinski definition) is 5. The number of nitrogens with zero attached hydrogens (tertiary/aromatic N) is 4. The fourth-order valence-electron chi connectivity index (χ4n) is 2.75. The lowest BCUT2D eigenvalue weighted by molar-refractivity contribution is 0.0950. The van der Waals surface area contributed by atoms with Crippen LogP contribution in [-0.2, 0) is 6.54 Å². The molecule has 1 saturated heterocycles. The third-order valence-electron chi connectivity index (χ3n) is 4.37. The quantitative estimate of drug-likeness (QED) is 0.895. The molecule has 1 N–H and O–H groups in total. The average Bonchev–Trinajstić information content (AvgIpc) is 2.67. The van der Waals surface area contributed by atoms with E-state index < -0.39 is 0 Å². The molecule has 2 heterocycles. The van der Waals surface area contributed by atoms with E-state index in [1.807, 2.05) is 0 Å². The fourth-order valence-corrected chi connectivity index (χ4v) is 2.75. The molecule has 7 heteroatoms. The first-order valence-electron chi connectivity index (χ1n) is 8.47. The number of likely N-dealkylation sites (N-methyl/N-ethyl adjacent to an activating group) is 1. The number of aromatic nitrogens is 2. The second-order valence-electron chi connectivity index (χ2n) is 6.00. The van der Waals surface area contributed by atoms with Crippen molar-refractivity contribution in [2.45, 2.75) is 13.5 Å². The summed E-state index contributed by atoms with van der Waals surface area (Å²) < 4.78 is 12.9. The zero-order valence-electron chi connectivity index (χ0n) is 14.3. The minimum absolute atomic E-state index is 0.244. The van der Waals surface area contributed by atoms with Crippen LogP contribution in [0.4, 0.5) is 10.3 Å². The number of carbonyl (C=O) groups excluding carboxylic acids is 1. The number of halogens is 1. The number of rotatable bonds is 5. The minimum atomic E-state index is -0.293. The van der Waals surface area contributed by atoms with Gasteiger partial charge in [-0.25, -0.2) is 14.4 Å². The molecule has 1 aromatic heterocycles. The van der Waals surface area contributed by atoms with Crippen molar-refractivity contribution in [3.8, 4) is 0 Å². The summed E-state index contributed by atoms with van der Waals surface area (Å²) in [6, 6.07) is 6.03. The van der Waals surface area contributed by atoms with Gasteiger partial charge < -0.3 is 15.1 Å². The van der Waals surface area contributed by atoms with Crippen molar-refractivity contribution < 1.29 is 9.18 Å². The third-order valence-corrected chi connectivity index (χ3v) is 4.37. The molecule has 1 amide bonds. The largest absolute Gasteiger partial charge is 0.348 e. The van der Waals surface area contributed by atoms with Crippen molar-refractivity contribution in [3.05, 3.63) is 53.6 Å². The van der Waals surface area contributed by atoms with Gasteiger partial charge in [-0.15, -0.1) is 0 Å². The highest BCUT2D eigenvalue weighted by Crippen LogP contribution is 2.11. The molecule has 3 rings (SSSR count). The van der Waals surface area contributed by atoms with Gasteiger partial charge in [-0.05, 0) is 24.2 Å². The summed E-state index contributed by atoms with van der Waals surface area (Å²) in [5.41, 5.74) is 1.25. The van der Waals surface area contributed by atoms with Crippen molar-refractivity contribution in [2.75, 3.05) is 37.6 Å². The Hall–Kier alpha value is -2.54. The van der Waals surface area contributed by atoms with E-state index in [1.54, 1.807) is 24.5 Å². The Morgan fingerprint density at radius 3 is 2.36 bits per heavy atom. The van der Waals surface area contributed by atoms with Crippen LogP contribution in [0.5, 0.6) is 0 Å². The van der Waals surface area contributed by atoms with Gasteiger partial charge in [-0.3, -0.25) is 4.79 Å². The number of hydrogen-bond donors (Lipinski definition) is 1. The topological polar surface area (TPSA) is 61.4 Å². The van der Waals surface area contributed by atoms with E-state index >= 15 is 0 Å². The zero-order valence-corrected chi connectivity index (χ0v) is 14.3. The molecule has 0 aliphatic carbocycles. The van der Waals surface area contributed by atoms with Gasteiger partial charge in [0.05, 0.1) is 5.56 Å². The number of amides is 1. The highest BCUT2D eigenvalue weighted by Gasteiger charge is 2.18. The molecule has 2 aromatic rings. The van der Waals surface area contributed by atoms with Crippen LogP contribution < -0.4 is 10.2 Å². The SMILES string of the molecule is CCN1CCN(c2ncc(C(=O)NCc3ccc(F)cc3)cn2)CC1. The van der Waals surface area contributed by atoms with Crippen LogP contribution in [0, 0.1) is 5.82 Å². The Balaban J connectivity index is 1.54. The van der Waals surface area contributed by atoms with Gasteiger partial charge >= 0.3 is 0 Å². The van der Waals surface area contributed by atoms with E-state index in [9.17, 15) is 9.18 Å². The monoisotopic (exact) mass is 343 g/mol. The van der Waals surface area contributed by atoms with E-state index in [-0.39, 0.29) is 11.7 Å². The van der Waals surface area contributed by atoms with Gasteiger partial charge in [0.25, 0.3) is 5.91 Å². The Labute approximate surface area is 146 Å². The van der Waals surface area contributed by atoms with E-state index in [2.05, 4.69) is 32.0 Å². The van der Waals surface area contributed by atoms with Crippen molar-refractivity contribution >= 4 is 11.9 Å². The van der Waals surface area contributed by atoms with Gasteiger partial charge in [-0.2, -0.15) is 0 Å². The molecule has 1 aliphatic heterocycles. The van der Waals surface area contributed by atoms with E-state index in [4.69, 9.17) is 0 Å². The first-order chi connectivity index (χ1) is 12.2. The predicted octanol–water partition coefficient (Wildman–Crippen LogP) is 1.69. The molecule has 0 spiro atoms. The molecule has 0 bridgehead atoms. The number of anilines is 1. The summed E-state index contributed by atoms with van der Waals surface area (Å²) in [6.45, 7) is 7.33. The molecule has 132 valence electrons. The lowest BCUT2D eigenvalue weighted by Crippen LogP contribution is -2.46. The highest BCUT2D eigenvalue weighted by molar-refractivity contribution is 5.93. The van der Waals surface area contributed by atoms with Gasteiger partial charge in [0.1, 0.15) is 5.82 Å². The molecular formula is C18H22FN5O. The predicted molar refractivity (Wildman–Crippen MR) is 93.9 cm³/mol. The first kappa shape index (κ1) is 17.3. The van der Waals surface area contributed by atoms with Crippen molar-refractivity contribution in [1.29, 1.82) is 0 Å². The number of piperazine rings is 1. The molecule has 1 fully saturated rings. The van der Waals surface area contributed by atoms with E-state index in [0.29, 0.717) is 18.1 Å². The molecular weight excluding hydrogens is 321 g/mol. The van der Waals surface area contributed by atoms with Gasteiger partial charge in [0, 0.05) is 45.1 Å². The maximum atomic E-state index is 12.9. The summed E-state index contributed by atoms with van der Waals surface area (Å²) in [6.07, 6.45) is 3.10. The van der Waals surface area contributed by atoms with Crippen molar-refractivity contribution in [3.63, 3.8) is 0 Å².